The third kappa shape index (κ3) is 3.80. The average molecular weight is 380 g/mol. The number of pyridine rings is 1. The fourth-order valence-electron chi connectivity index (χ4n) is 2.88. The van der Waals surface area contributed by atoms with E-state index < -0.39 is 18.2 Å². The topological polar surface area (TPSA) is 39.2 Å². The van der Waals surface area contributed by atoms with Gasteiger partial charge in [0.25, 0.3) is 6.47 Å². The van der Waals surface area contributed by atoms with Gasteiger partial charge in [-0.15, -0.1) is 0 Å². The molecule has 0 saturated carbocycles. The number of halogens is 4. The number of hydrogen-bond acceptors (Lipinski definition) is 3. The lowest BCUT2D eigenvalue weighted by Crippen LogP contribution is -2.17. The molecule has 1 aromatic heterocycles. The second-order valence-corrected chi connectivity index (χ2v) is 5.97. The summed E-state index contributed by atoms with van der Waals surface area (Å²) in [5, 5.41) is 0.625. The highest BCUT2D eigenvalue weighted by Crippen LogP contribution is 2.40. The Morgan fingerprint density at radius 2 is 1.73 bits per heavy atom. The van der Waals surface area contributed by atoms with Crippen molar-refractivity contribution in [3.05, 3.63) is 65.9 Å². The van der Waals surface area contributed by atoms with Gasteiger partial charge in [0.2, 0.25) is 5.56 Å². The van der Waals surface area contributed by atoms with E-state index >= 15 is 0 Å². The zero-order chi connectivity index (χ0) is 18.7. The molecule has 1 atom stereocenters. The average Bonchev–Trinajstić information content (AvgIpc) is 2.60. The van der Waals surface area contributed by atoms with Crippen molar-refractivity contribution in [2.45, 2.75) is 18.2 Å². The lowest BCUT2D eigenvalue weighted by Gasteiger charge is -2.20. The summed E-state index contributed by atoms with van der Waals surface area (Å²) >= 11 is 6.13. The maximum absolute atomic E-state index is 13.1. The van der Waals surface area contributed by atoms with Gasteiger partial charge in [0.15, 0.2) is 0 Å². The van der Waals surface area contributed by atoms with Crippen LogP contribution in [0.25, 0.3) is 22.0 Å². The molecule has 1 unspecified atom stereocenters. The minimum absolute atomic E-state index is 0.0426. The Balaban J connectivity index is 2.38. The number of aromatic nitrogens is 1. The first-order chi connectivity index (χ1) is 12.4. The number of ether oxygens (including phenoxy) is 1. The summed E-state index contributed by atoms with van der Waals surface area (Å²) in [6.45, 7) is 0.110. The van der Waals surface area contributed by atoms with Crippen molar-refractivity contribution in [2.75, 3.05) is 0 Å². The molecule has 7 heteroatoms. The molecule has 0 saturated heterocycles. The Morgan fingerprint density at radius 1 is 1.08 bits per heavy atom. The second-order valence-electron chi connectivity index (χ2n) is 5.57. The van der Waals surface area contributed by atoms with E-state index in [-0.39, 0.29) is 17.7 Å². The van der Waals surface area contributed by atoms with Crippen LogP contribution in [0.5, 0.6) is 0 Å². The van der Waals surface area contributed by atoms with E-state index in [4.69, 9.17) is 16.3 Å². The summed E-state index contributed by atoms with van der Waals surface area (Å²) < 4.78 is 44.1. The predicted molar refractivity (Wildman–Crippen MR) is 92.7 cm³/mol. The molecule has 0 aliphatic carbocycles. The first kappa shape index (κ1) is 18.2. The van der Waals surface area contributed by atoms with Crippen molar-refractivity contribution in [2.24, 2.45) is 0 Å². The standard InChI is InChI=1S/C19H13ClF3NO2/c20-18(26-11-25)17-15(10-19(21,22)23)24-14-9-5-4-8-13(14)16(17)12-6-2-1-3-7-12/h1-9,11,18H,10H2. The van der Waals surface area contributed by atoms with Crippen LogP contribution in [0.4, 0.5) is 13.2 Å². The summed E-state index contributed by atoms with van der Waals surface area (Å²) in [6, 6.07) is 15.7. The van der Waals surface area contributed by atoms with Crippen LogP contribution < -0.4 is 0 Å². The Kier molecular flexibility index (Phi) is 5.13. The molecule has 26 heavy (non-hydrogen) atoms. The Bertz CT molecular complexity index is 929. The quantitative estimate of drug-likeness (QED) is 0.439. The van der Waals surface area contributed by atoms with E-state index in [0.717, 1.165) is 0 Å². The van der Waals surface area contributed by atoms with Gasteiger partial charge in [-0.1, -0.05) is 60.1 Å². The third-order valence-electron chi connectivity index (χ3n) is 3.84. The number of carbonyl (C=O) groups excluding carboxylic acids is 1. The van der Waals surface area contributed by atoms with Gasteiger partial charge in [0, 0.05) is 16.5 Å². The van der Waals surface area contributed by atoms with Crippen molar-refractivity contribution < 1.29 is 22.7 Å². The molecule has 0 N–H and O–H groups in total. The van der Waals surface area contributed by atoms with E-state index in [9.17, 15) is 18.0 Å². The first-order valence-corrected chi connectivity index (χ1v) is 8.11. The molecule has 2 aromatic carbocycles. The van der Waals surface area contributed by atoms with Crippen LogP contribution in [0, 0.1) is 0 Å². The number of alkyl halides is 4. The summed E-state index contributed by atoms with van der Waals surface area (Å²) in [5.41, 5.74) is -0.0821. The molecular formula is C19H13ClF3NO2. The van der Waals surface area contributed by atoms with Crippen LogP contribution in [0.1, 0.15) is 16.8 Å². The van der Waals surface area contributed by atoms with E-state index in [1.807, 2.05) is 0 Å². The van der Waals surface area contributed by atoms with Crippen LogP contribution in [-0.2, 0) is 16.0 Å². The monoisotopic (exact) mass is 379 g/mol. The smallest absolute Gasteiger partial charge is 0.394 e. The fraction of sp³-hybridized carbons (Fsp3) is 0.158. The number of rotatable bonds is 5. The molecule has 0 amide bonds. The van der Waals surface area contributed by atoms with Crippen molar-refractivity contribution in [1.82, 2.24) is 4.98 Å². The molecule has 0 spiro atoms. The SMILES string of the molecule is O=COC(Cl)c1c(CC(F)(F)F)nc2ccccc2c1-c1ccccc1. The van der Waals surface area contributed by atoms with Gasteiger partial charge in [-0.05, 0) is 11.6 Å². The molecule has 134 valence electrons. The van der Waals surface area contributed by atoms with Gasteiger partial charge in [-0.25, -0.2) is 0 Å². The van der Waals surface area contributed by atoms with Gasteiger partial charge in [0.05, 0.1) is 17.6 Å². The first-order valence-electron chi connectivity index (χ1n) is 7.67. The molecule has 0 bridgehead atoms. The number of para-hydroxylation sites is 1. The molecule has 0 radical (unpaired) electrons. The zero-order valence-electron chi connectivity index (χ0n) is 13.3. The number of nitrogens with zero attached hydrogens (tertiary/aromatic N) is 1. The van der Waals surface area contributed by atoms with Crippen LogP contribution in [0.15, 0.2) is 54.6 Å². The maximum Gasteiger partial charge on any atom is 0.394 e. The van der Waals surface area contributed by atoms with Gasteiger partial charge in [-0.2, -0.15) is 13.2 Å². The summed E-state index contributed by atoms with van der Waals surface area (Å²) in [4.78, 5) is 14.9. The van der Waals surface area contributed by atoms with E-state index in [1.54, 1.807) is 54.6 Å². The number of benzene rings is 2. The van der Waals surface area contributed by atoms with Gasteiger partial charge in [-0.3, -0.25) is 9.78 Å². The Labute approximate surface area is 152 Å². The van der Waals surface area contributed by atoms with E-state index in [0.29, 0.717) is 22.0 Å². The zero-order valence-corrected chi connectivity index (χ0v) is 14.1. The molecule has 0 fully saturated rings. The largest absolute Gasteiger partial charge is 0.443 e. The van der Waals surface area contributed by atoms with Crippen molar-refractivity contribution in [3.8, 4) is 11.1 Å². The Morgan fingerprint density at radius 3 is 2.38 bits per heavy atom. The summed E-state index contributed by atoms with van der Waals surface area (Å²) in [5.74, 6) is 0. The van der Waals surface area contributed by atoms with Crippen molar-refractivity contribution in [3.63, 3.8) is 0 Å². The lowest BCUT2D eigenvalue weighted by atomic mass is 9.93. The highest BCUT2D eigenvalue weighted by molar-refractivity contribution is 6.21. The fourth-order valence-corrected chi connectivity index (χ4v) is 3.16. The molecule has 0 aliphatic heterocycles. The molecule has 3 aromatic rings. The number of fused-ring (bicyclic) bond motifs is 1. The molecule has 1 heterocycles. The molecule has 3 nitrogen and oxygen atoms in total. The summed E-state index contributed by atoms with van der Waals surface area (Å²) in [7, 11) is 0. The van der Waals surface area contributed by atoms with Gasteiger partial charge in [0.1, 0.15) is 0 Å². The van der Waals surface area contributed by atoms with E-state index in [2.05, 4.69) is 4.98 Å². The third-order valence-corrected chi connectivity index (χ3v) is 4.16. The highest BCUT2D eigenvalue weighted by atomic mass is 35.5. The Hall–Kier alpha value is -2.60. The molecule has 0 aliphatic rings. The predicted octanol–water partition coefficient (Wildman–Crippen LogP) is 5.42. The van der Waals surface area contributed by atoms with Crippen LogP contribution in [0.2, 0.25) is 0 Å². The van der Waals surface area contributed by atoms with Crippen LogP contribution in [-0.4, -0.2) is 17.6 Å². The second kappa shape index (κ2) is 7.33. The van der Waals surface area contributed by atoms with Gasteiger partial charge < -0.3 is 4.74 Å². The minimum atomic E-state index is -4.49. The normalized spacial score (nSPS) is 12.8. The van der Waals surface area contributed by atoms with Gasteiger partial charge >= 0.3 is 6.18 Å². The van der Waals surface area contributed by atoms with Crippen LogP contribution in [0.3, 0.4) is 0 Å². The maximum atomic E-state index is 13.1. The van der Waals surface area contributed by atoms with E-state index in [1.165, 1.54) is 0 Å². The highest BCUT2D eigenvalue weighted by Gasteiger charge is 2.33. The minimum Gasteiger partial charge on any atom is -0.443 e. The van der Waals surface area contributed by atoms with Crippen molar-refractivity contribution >= 4 is 29.0 Å². The number of carbonyl (C=O) groups is 1. The van der Waals surface area contributed by atoms with Crippen LogP contribution >= 0.6 is 11.6 Å². The van der Waals surface area contributed by atoms with Crippen molar-refractivity contribution in [1.29, 1.82) is 0 Å². The summed E-state index contributed by atoms with van der Waals surface area (Å²) in [6.07, 6.45) is -5.77. The number of hydrogen-bond donors (Lipinski definition) is 0. The lowest BCUT2D eigenvalue weighted by molar-refractivity contribution is -0.130. The molecule has 3 rings (SSSR count). The molecular weight excluding hydrogens is 367 g/mol.